The molecule has 0 aromatic rings. The number of rotatable bonds is 2. The van der Waals surface area contributed by atoms with Gasteiger partial charge >= 0.3 is 0 Å². The number of hydrogen-bond acceptors (Lipinski definition) is 4. The monoisotopic (exact) mass is 320 g/mol. The van der Waals surface area contributed by atoms with Crippen molar-refractivity contribution >= 4 is 0 Å². The molecule has 2 saturated heterocycles. The predicted molar refractivity (Wildman–Crippen MR) is 86.8 cm³/mol. The Balaban J connectivity index is 1.27. The van der Waals surface area contributed by atoms with Crippen molar-refractivity contribution in [1.82, 2.24) is 0 Å². The summed E-state index contributed by atoms with van der Waals surface area (Å²) in [6, 6.07) is 0. The van der Waals surface area contributed by atoms with Gasteiger partial charge in [0.25, 0.3) is 0 Å². The molecule has 2 aliphatic carbocycles. The van der Waals surface area contributed by atoms with E-state index < -0.39 is 0 Å². The maximum atomic E-state index is 6.06. The molecule has 4 heteroatoms. The van der Waals surface area contributed by atoms with Crippen LogP contribution < -0.4 is 0 Å². The first kappa shape index (κ1) is 15.8. The van der Waals surface area contributed by atoms with Crippen LogP contribution in [0, 0.1) is 17.3 Å². The summed E-state index contributed by atoms with van der Waals surface area (Å²) in [7, 11) is 0. The SMILES string of the molecule is C1=CC[C@H](C2OCC3(CO2)COC([C@H]2CC=CCC2)OC3)CC1. The third kappa shape index (κ3) is 3.55. The zero-order valence-electron chi connectivity index (χ0n) is 13.8. The molecule has 0 amide bonds. The summed E-state index contributed by atoms with van der Waals surface area (Å²) in [6.45, 7) is 2.76. The second-order valence-electron chi connectivity index (χ2n) is 7.57. The quantitative estimate of drug-likeness (QED) is 0.731. The lowest BCUT2D eigenvalue weighted by Crippen LogP contribution is -2.54. The molecule has 0 unspecified atom stereocenters. The molecule has 0 aromatic heterocycles. The molecule has 4 nitrogen and oxygen atoms in total. The summed E-state index contributed by atoms with van der Waals surface area (Å²) < 4.78 is 24.3. The van der Waals surface area contributed by atoms with E-state index in [1.807, 2.05) is 0 Å². The van der Waals surface area contributed by atoms with Gasteiger partial charge in [0.05, 0.1) is 31.8 Å². The third-order valence-corrected chi connectivity index (χ3v) is 5.60. The van der Waals surface area contributed by atoms with Crippen LogP contribution in [0.1, 0.15) is 38.5 Å². The average molecular weight is 320 g/mol. The van der Waals surface area contributed by atoms with E-state index in [9.17, 15) is 0 Å². The normalized spacial score (nSPS) is 44.5. The number of hydrogen-bond donors (Lipinski definition) is 0. The van der Waals surface area contributed by atoms with Gasteiger partial charge in [-0.05, 0) is 38.5 Å². The van der Waals surface area contributed by atoms with Crippen LogP contribution in [0.4, 0.5) is 0 Å². The minimum atomic E-state index is -0.109. The van der Waals surface area contributed by atoms with Gasteiger partial charge in [-0.1, -0.05) is 24.3 Å². The molecular weight excluding hydrogens is 292 g/mol. The van der Waals surface area contributed by atoms with E-state index in [0.717, 1.165) is 25.7 Å². The molecule has 4 aliphatic rings. The van der Waals surface area contributed by atoms with Crippen molar-refractivity contribution in [3.63, 3.8) is 0 Å². The van der Waals surface area contributed by atoms with Crippen LogP contribution >= 0.6 is 0 Å². The predicted octanol–water partition coefficient (Wildman–Crippen LogP) is 3.43. The molecule has 2 atom stereocenters. The first-order chi connectivity index (χ1) is 11.3. The van der Waals surface area contributed by atoms with Crippen LogP contribution in [0.25, 0.3) is 0 Å². The van der Waals surface area contributed by atoms with Gasteiger partial charge in [0, 0.05) is 11.8 Å². The average Bonchev–Trinajstić information content (AvgIpc) is 2.65. The van der Waals surface area contributed by atoms with Gasteiger partial charge in [-0.3, -0.25) is 0 Å². The fraction of sp³-hybridized carbons (Fsp3) is 0.789. The molecule has 4 rings (SSSR count). The lowest BCUT2D eigenvalue weighted by molar-refractivity contribution is -0.319. The lowest BCUT2D eigenvalue weighted by atomic mass is 9.87. The van der Waals surface area contributed by atoms with Gasteiger partial charge in [-0.25, -0.2) is 0 Å². The summed E-state index contributed by atoms with van der Waals surface area (Å²) in [5, 5.41) is 0. The fourth-order valence-corrected chi connectivity index (χ4v) is 4.05. The molecule has 0 aromatic carbocycles. The Morgan fingerprint density at radius 3 is 1.39 bits per heavy atom. The molecule has 0 radical (unpaired) electrons. The Morgan fingerprint density at radius 1 is 0.609 bits per heavy atom. The Hall–Kier alpha value is -0.680. The maximum Gasteiger partial charge on any atom is 0.160 e. The van der Waals surface area contributed by atoms with Crippen LogP contribution in [0.15, 0.2) is 24.3 Å². The topological polar surface area (TPSA) is 36.9 Å². The van der Waals surface area contributed by atoms with Crippen LogP contribution in [-0.2, 0) is 18.9 Å². The minimum Gasteiger partial charge on any atom is -0.352 e. The highest BCUT2D eigenvalue weighted by Crippen LogP contribution is 2.37. The Labute approximate surface area is 138 Å². The smallest absolute Gasteiger partial charge is 0.160 e. The summed E-state index contributed by atoms with van der Waals surface area (Å²) in [5.74, 6) is 1.01. The van der Waals surface area contributed by atoms with Crippen LogP contribution in [0.2, 0.25) is 0 Å². The highest BCUT2D eigenvalue weighted by Gasteiger charge is 2.44. The first-order valence-corrected chi connectivity index (χ1v) is 9.11. The molecule has 23 heavy (non-hydrogen) atoms. The number of allylic oxidation sites excluding steroid dienone is 4. The Kier molecular flexibility index (Phi) is 4.86. The van der Waals surface area contributed by atoms with Crippen molar-refractivity contribution in [2.45, 2.75) is 51.1 Å². The Bertz CT molecular complexity index is 397. The molecule has 2 fully saturated rings. The van der Waals surface area contributed by atoms with Gasteiger partial charge in [0.15, 0.2) is 12.6 Å². The highest BCUT2D eigenvalue weighted by molar-refractivity contribution is 4.94. The molecule has 0 N–H and O–H groups in total. The first-order valence-electron chi connectivity index (χ1n) is 9.11. The summed E-state index contributed by atoms with van der Waals surface area (Å²) in [5.41, 5.74) is -0.109. The van der Waals surface area contributed by atoms with Gasteiger partial charge in [0.2, 0.25) is 0 Å². The molecule has 2 aliphatic heterocycles. The zero-order valence-corrected chi connectivity index (χ0v) is 13.8. The summed E-state index contributed by atoms with van der Waals surface area (Å²) >= 11 is 0. The van der Waals surface area contributed by atoms with Gasteiger partial charge in [-0.2, -0.15) is 0 Å². The van der Waals surface area contributed by atoms with E-state index in [4.69, 9.17) is 18.9 Å². The summed E-state index contributed by atoms with van der Waals surface area (Å²) in [4.78, 5) is 0. The van der Waals surface area contributed by atoms with E-state index in [1.54, 1.807) is 0 Å². The fourth-order valence-electron chi connectivity index (χ4n) is 4.05. The van der Waals surface area contributed by atoms with Crippen molar-refractivity contribution in [2.75, 3.05) is 26.4 Å². The van der Waals surface area contributed by atoms with Gasteiger partial charge in [-0.15, -0.1) is 0 Å². The van der Waals surface area contributed by atoms with Crippen molar-refractivity contribution in [3.05, 3.63) is 24.3 Å². The largest absolute Gasteiger partial charge is 0.352 e. The van der Waals surface area contributed by atoms with Crippen molar-refractivity contribution < 1.29 is 18.9 Å². The molecular formula is C19H28O4. The van der Waals surface area contributed by atoms with E-state index >= 15 is 0 Å². The zero-order chi connectivity index (χ0) is 15.5. The minimum absolute atomic E-state index is 0.0493. The molecule has 128 valence electrons. The maximum absolute atomic E-state index is 6.06. The van der Waals surface area contributed by atoms with E-state index in [2.05, 4.69) is 24.3 Å². The Morgan fingerprint density at radius 2 is 1.04 bits per heavy atom. The van der Waals surface area contributed by atoms with Crippen LogP contribution in [-0.4, -0.2) is 39.0 Å². The highest BCUT2D eigenvalue weighted by atomic mass is 16.7. The van der Waals surface area contributed by atoms with Crippen molar-refractivity contribution in [1.29, 1.82) is 0 Å². The molecule has 0 saturated carbocycles. The van der Waals surface area contributed by atoms with Gasteiger partial charge in [0.1, 0.15) is 0 Å². The van der Waals surface area contributed by atoms with Crippen molar-refractivity contribution in [2.24, 2.45) is 17.3 Å². The van der Waals surface area contributed by atoms with E-state index in [1.165, 1.54) is 12.8 Å². The number of ether oxygens (including phenoxy) is 4. The van der Waals surface area contributed by atoms with Gasteiger partial charge < -0.3 is 18.9 Å². The molecule has 2 heterocycles. The van der Waals surface area contributed by atoms with E-state index in [-0.39, 0.29) is 18.0 Å². The van der Waals surface area contributed by atoms with Crippen LogP contribution in [0.3, 0.4) is 0 Å². The standard InChI is InChI=1S/C19H28O4/c1-3-7-15(8-4-1)17-20-11-19(12-21-17)13-22-18(23-14-19)16-9-5-2-6-10-16/h1-3,5,15-18H,4,6-14H2/t15-,16-,17?,18?,19?/m0/s1. The van der Waals surface area contributed by atoms with Crippen molar-refractivity contribution in [3.8, 4) is 0 Å². The van der Waals surface area contributed by atoms with Crippen LogP contribution in [0.5, 0.6) is 0 Å². The molecule has 0 bridgehead atoms. The lowest BCUT2D eigenvalue weighted by Gasteiger charge is -2.46. The second-order valence-corrected chi connectivity index (χ2v) is 7.57. The van der Waals surface area contributed by atoms with E-state index in [0.29, 0.717) is 38.3 Å². The third-order valence-electron chi connectivity index (χ3n) is 5.60. The summed E-state index contributed by atoms with van der Waals surface area (Å²) in [6.07, 6.45) is 15.7. The second kappa shape index (κ2) is 7.06. The molecule has 1 spiro atoms.